The molecule has 0 aromatic rings. The van der Waals surface area contributed by atoms with Crippen molar-refractivity contribution in [1.29, 1.82) is 0 Å². The number of carbonyl (C=O) groups excluding carboxylic acids is 1. The second kappa shape index (κ2) is 7.87. The molecule has 0 saturated heterocycles. The Bertz CT molecular complexity index is 232. The molecule has 0 aromatic carbocycles. The number of carbonyl (C=O) groups is 1. The van der Waals surface area contributed by atoms with Gasteiger partial charge in [0, 0.05) is 31.6 Å². The third-order valence-corrected chi connectivity index (χ3v) is 2.93. The van der Waals surface area contributed by atoms with Gasteiger partial charge in [0.25, 0.3) is 0 Å². The van der Waals surface area contributed by atoms with E-state index in [0.29, 0.717) is 12.3 Å². The minimum Gasteiger partial charge on any atom is -0.308 e. The highest BCUT2D eigenvalue weighted by Gasteiger charge is 2.23. The summed E-state index contributed by atoms with van der Waals surface area (Å²) in [7, 11) is 8.26. The molecule has 0 unspecified atom stereocenters. The maximum absolute atomic E-state index is 12.1. The summed E-state index contributed by atoms with van der Waals surface area (Å²) >= 11 is 0. The van der Waals surface area contributed by atoms with Crippen molar-refractivity contribution in [3.8, 4) is 0 Å². The molecule has 0 amide bonds. The van der Waals surface area contributed by atoms with Crippen molar-refractivity contribution in [2.24, 2.45) is 5.41 Å². The zero-order chi connectivity index (χ0) is 14.3. The Labute approximate surface area is 113 Å². The summed E-state index contributed by atoms with van der Waals surface area (Å²) in [6.45, 7) is 10.4. The molecule has 0 spiro atoms. The second-order valence-electron chi connectivity index (χ2n) is 6.56. The summed E-state index contributed by atoms with van der Waals surface area (Å²) < 4.78 is 0. The normalized spacial score (nSPS) is 12.8. The fourth-order valence-electron chi connectivity index (χ4n) is 1.39. The van der Waals surface area contributed by atoms with Crippen LogP contribution in [-0.4, -0.2) is 81.4 Å². The van der Waals surface area contributed by atoms with E-state index >= 15 is 0 Å². The zero-order valence-electron chi connectivity index (χ0n) is 13.3. The smallest absolute Gasteiger partial charge is 0.152 e. The summed E-state index contributed by atoms with van der Waals surface area (Å²) in [5.74, 6) is 0.319. The van der Waals surface area contributed by atoms with Crippen LogP contribution in [0, 0.1) is 5.41 Å². The Balaban J connectivity index is 4.32. The molecule has 18 heavy (non-hydrogen) atoms. The number of ketones is 1. The van der Waals surface area contributed by atoms with Gasteiger partial charge >= 0.3 is 0 Å². The SMILES string of the molecule is CN(C)CCN(CCN(C)C)CC(=O)C(C)(C)C. The number of hydrogen-bond donors (Lipinski definition) is 0. The van der Waals surface area contributed by atoms with Crippen LogP contribution in [0.4, 0.5) is 0 Å². The first-order chi connectivity index (χ1) is 8.12. The summed E-state index contributed by atoms with van der Waals surface area (Å²) in [5, 5.41) is 0. The number of Topliss-reactive ketones (excluding diaryl/α,β-unsaturated/α-hetero) is 1. The number of nitrogens with zero attached hydrogens (tertiary/aromatic N) is 3. The van der Waals surface area contributed by atoms with E-state index in [-0.39, 0.29) is 5.41 Å². The average Bonchev–Trinajstić information content (AvgIpc) is 2.19. The number of rotatable bonds is 8. The number of likely N-dealkylation sites (N-methyl/N-ethyl adjacent to an activating group) is 2. The molecule has 108 valence electrons. The Morgan fingerprint density at radius 3 is 1.50 bits per heavy atom. The summed E-state index contributed by atoms with van der Waals surface area (Å²) in [5.41, 5.74) is -0.242. The lowest BCUT2D eigenvalue weighted by molar-refractivity contribution is -0.127. The molecule has 0 radical (unpaired) electrons. The molecular formula is C14H31N3O. The molecule has 0 rings (SSSR count). The topological polar surface area (TPSA) is 26.8 Å². The van der Waals surface area contributed by atoms with Crippen molar-refractivity contribution in [3.63, 3.8) is 0 Å². The maximum atomic E-state index is 12.1. The minimum atomic E-state index is -0.242. The Morgan fingerprint density at radius 1 is 0.833 bits per heavy atom. The van der Waals surface area contributed by atoms with Gasteiger partial charge in [-0.05, 0) is 28.2 Å². The van der Waals surface area contributed by atoms with E-state index in [1.165, 1.54) is 0 Å². The van der Waals surface area contributed by atoms with Crippen molar-refractivity contribution >= 4 is 5.78 Å². The molecular weight excluding hydrogens is 226 g/mol. The number of hydrogen-bond acceptors (Lipinski definition) is 4. The quantitative estimate of drug-likeness (QED) is 0.649. The molecule has 0 aliphatic carbocycles. The zero-order valence-corrected chi connectivity index (χ0v) is 13.3. The Hall–Kier alpha value is -0.450. The summed E-state index contributed by atoms with van der Waals surface area (Å²) in [4.78, 5) is 18.7. The van der Waals surface area contributed by atoms with Gasteiger partial charge in [0.2, 0.25) is 0 Å². The van der Waals surface area contributed by atoms with E-state index in [0.717, 1.165) is 26.2 Å². The molecule has 0 fully saturated rings. The minimum absolute atomic E-state index is 0.242. The van der Waals surface area contributed by atoms with E-state index in [2.05, 4.69) is 42.9 Å². The second-order valence-corrected chi connectivity index (χ2v) is 6.56. The molecule has 0 aliphatic rings. The highest BCUT2D eigenvalue weighted by molar-refractivity contribution is 5.85. The first-order valence-electron chi connectivity index (χ1n) is 6.68. The van der Waals surface area contributed by atoms with Crippen LogP contribution in [0.1, 0.15) is 20.8 Å². The van der Waals surface area contributed by atoms with Crippen LogP contribution in [0.2, 0.25) is 0 Å². The standard InChI is InChI=1S/C14H31N3O/c1-14(2,3)13(18)12-17(10-8-15(4)5)11-9-16(6)7/h8-12H2,1-7H3. The van der Waals surface area contributed by atoms with Gasteiger partial charge in [-0.2, -0.15) is 0 Å². The molecule has 0 saturated carbocycles. The summed E-state index contributed by atoms with van der Waals surface area (Å²) in [6, 6.07) is 0. The molecule has 0 bridgehead atoms. The van der Waals surface area contributed by atoms with Crippen LogP contribution < -0.4 is 0 Å². The van der Waals surface area contributed by atoms with Gasteiger partial charge in [0.05, 0.1) is 6.54 Å². The molecule has 0 atom stereocenters. The molecule has 4 nitrogen and oxygen atoms in total. The van der Waals surface area contributed by atoms with Crippen LogP contribution in [-0.2, 0) is 4.79 Å². The van der Waals surface area contributed by atoms with Crippen LogP contribution in [0.25, 0.3) is 0 Å². The van der Waals surface area contributed by atoms with Crippen molar-refractivity contribution in [3.05, 3.63) is 0 Å². The Morgan fingerprint density at radius 2 is 1.22 bits per heavy atom. The fraction of sp³-hybridized carbons (Fsp3) is 0.929. The highest BCUT2D eigenvalue weighted by atomic mass is 16.1. The van der Waals surface area contributed by atoms with Crippen LogP contribution >= 0.6 is 0 Å². The van der Waals surface area contributed by atoms with Crippen molar-refractivity contribution in [2.45, 2.75) is 20.8 Å². The molecule has 0 aliphatic heterocycles. The lowest BCUT2D eigenvalue weighted by Gasteiger charge is -2.27. The third-order valence-electron chi connectivity index (χ3n) is 2.93. The van der Waals surface area contributed by atoms with Crippen molar-refractivity contribution in [2.75, 3.05) is 60.9 Å². The third kappa shape index (κ3) is 8.61. The van der Waals surface area contributed by atoms with E-state index in [9.17, 15) is 4.79 Å². The van der Waals surface area contributed by atoms with Gasteiger partial charge in [0.1, 0.15) is 0 Å². The lowest BCUT2D eigenvalue weighted by Crippen LogP contribution is -2.42. The molecule has 0 N–H and O–H groups in total. The predicted octanol–water partition coefficient (Wildman–Crippen LogP) is 1.03. The van der Waals surface area contributed by atoms with E-state index in [1.54, 1.807) is 0 Å². The average molecular weight is 257 g/mol. The van der Waals surface area contributed by atoms with Gasteiger partial charge in [0.15, 0.2) is 5.78 Å². The highest BCUT2D eigenvalue weighted by Crippen LogP contribution is 2.15. The Kier molecular flexibility index (Phi) is 7.67. The first kappa shape index (κ1) is 17.6. The molecule has 0 aromatic heterocycles. The largest absolute Gasteiger partial charge is 0.308 e. The van der Waals surface area contributed by atoms with Gasteiger partial charge in [-0.1, -0.05) is 20.8 Å². The fourth-order valence-corrected chi connectivity index (χ4v) is 1.39. The van der Waals surface area contributed by atoms with Crippen LogP contribution in [0.3, 0.4) is 0 Å². The molecule has 4 heteroatoms. The van der Waals surface area contributed by atoms with E-state index in [4.69, 9.17) is 0 Å². The van der Waals surface area contributed by atoms with E-state index in [1.807, 2.05) is 20.8 Å². The van der Waals surface area contributed by atoms with Crippen molar-refractivity contribution in [1.82, 2.24) is 14.7 Å². The lowest BCUT2D eigenvalue weighted by atomic mass is 9.90. The monoisotopic (exact) mass is 257 g/mol. The summed E-state index contributed by atoms with van der Waals surface area (Å²) in [6.07, 6.45) is 0. The predicted molar refractivity (Wildman–Crippen MR) is 78.0 cm³/mol. The van der Waals surface area contributed by atoms with Crippen molar-refractivity contribution < 1.29 is 4.79 Å². The maximum Gasteiger partial charge on any atom is 0.152 e. The van der Waals surface area contributed by atoms with E-state index < -0.39 is 0 Å². The van der Waals surface area contributed by atoms with Gasteiger partial charge in [-0.25, -0.2) is 0 Å². The van der Waals surface area contributed by atoms with Crippen LogP contribution in [0.5, 0.6) is 0 Å². The van der Waals surface area contributed by atoms with Crippen LogP contribution in [0.15, 0.2) is 0 Å². The molecule has 0 heterocycles. The van der Waals surface area contributed by atoms with Gasteiger partial charge in [-0.15, -0.1) is 0 Å². The first-order valence-corrected chi connectivity index (χ1v) is 6.68. The van der Waals surface area contributed by atoms with Gasteiger partial charge in [-0.3, -0.25) is 9.69 Å². The van der Waals surface area contributed by atoms with Gasteiger partial charge < -0.3 is 9.80 Å².